The summed E-state index contributed by atoms with van der Waals surface area (Å²) in [6, 6.07) is 8.01. The van der Waals surface area contributed by atoms with Gasteiger partial charge in [0.1, 0.15) is 12.6 Å². The Morgan fingerprint density at radius 3 is 3.16 bits per heavy atom. The topological polar surface area (TPSA) is 50.4 Å². The maximum atomic E-state index is 11.9. The number of benzene rings is 1. The highest BCUT2D eigenvalue weighted by atomic mass is 16.5. The highest BCUT2D eigenvalue weighted by molar-refractivity contribution is 5.78. The van der Waals surface area contributed by atoms with Gasteiger partial charge in [-0.2, -0.15) is 0 Å². The minimum absolute atomic E-state index is 0.0611. The molecule has 0 amide bonds. The van der Waals surface area contributed by atoms with E-state index in [1.54, 1.807) is 6.08 Å². The SMILES string of the molecule is C=CCOC(=O)[C@@H]1C[C@@]2(C)c3ccccc3N[C@H]2N1. The Labute approximate surface area is 112 Å². The quantitative estimate of drug-likeness (QED) is 0.641. The van der Waals surface area contributed by atoms with Gasteiger partial charge in [0.05, 0.1) is 6.17 Å². The van der Waals surface area contributed by atoms with Gasteiger partial charge in [-0.05, 0) is 18.1 Å². The number of hydrogen-bond acceptors (Lipinski definition) is 4. The van der Waals surface area contributed by atoms with Gasteiger partial charge in [0.25, 0.3) is 0 Å². The fourth-order valence-electron chi connectivity index (χ4n) is 3.11. The smallest absolute Gasteiger partial charge is 0.323 e. The van der Waals surface area contributed by atoms with Crippen molar-refractivity contribution in [3.63, 3.8) is 0 Å². The molecule has 1 saturated heterocycles. The number of anilines is 1. The van der Waals surface area contributed by atoms with E-state index in [0.29, 0.717) is 0 Å². The molecule has 0 saturated carbocycles. The zero-order valence-corrected chi connectivity index (χ0v) is 11.0. The van der Waals surface area contributed by atoms with Crippen LogP contribution in [0.2, 0.25) is 0 Å². The Bertz CT molecular complexity index is 529. The van der Waals surface area contributed by atoms with E-state index in [-0.39, 0.29) is 30.2 Å². The third kappa shape index (κ3) is 1.83. The first-order valence-electron chi connectivity index (χ1n) is 6.55. The van der Waals surface area contributed by atoms with E-state index < -0.39 is 0 Å². The summed E-state index contributed by atoms with van der Waals surface area (Å²) in [6.45, 7) is 6.00. The van der Waals surface area contributed by atoms with Crippen LogP contribution in [0.5, 0.6) is 0 Å². The summed E-state index contributed by atoms with van der Waals surface area (Å²) in [6.07, 6.45) is 2.42. The van der Waals surface area contributed by atoms with Crippen LogP contribution in [0, 0.1) is 0 Å². The van der Waals surface area contributed by atoms with E-state index in [4.69, 9.17) is 4.74 Å². The number of fused-ring (bicyclic) bond motifs is 3. The maximum Gasteiger partial charge on any atom is 0.323 e. The molecule has 4 heteroatoms. The number of ether oxygens (including phenoxy) is 1. The van der Waals surface area contributed by atoms with Crippen LogP contribution in [0.25, 0.3) is 0 Å². The fourth-order valence-corrected chi connectivity index (χ4v) is 3.11. The largest absolute Gasteiger partial charge is 0.460 e. The van der Waals surface area contributed by atoms with Crippen LogP contribution in [0.15, 0.2) is 36.9 Å². The van der Waals surface area contributed by atoms with Crippen molar-refractivity contribution < 1.29 is 9.53 Å². The zero-order valence-electron chi connectivity index (χ0n) is 11.0. The fraction of sp³-hybridized carbons (Fsp3) is 0.400. The molecule has 3 rings (SSSR count). The second-order valence-corrected chi connectivity index (χ2v) is 5.38. The molecule has 2 aliphatic rings. The highest BCUT2D eigenvalue weighted by Gasteiger charge is 2.52. The van der Waals surface area contributed by atoms with Crippen LogP contribution >= 0.6 is 0 Å². The minimum atomic E-state index is -0.254. The molecule has 100 valence electrons. The number of rotatable bonds is 3. The molecular weight excluding hydrogens is 240 g/mol. The molecule has 2 aliphatic heterocycles. The minimum Gasteiger partial charge on any atom is -0.460 e. The summed E-state index contributed by atoms with van der Waals surface area (Å²) >= 11 is 0. The van der Waals surface area contributed by atoms with Crippen molar-refractivity contribution in [2.45, 2.75) is 31.0 Å². The Morgan fingerprint density at radius 1 is 1.58 bits per heavy atom. The Balaban J connectivity index is 1.80. The van der Waals surface area contributed by atoms with Crippen molar-refractivity contribution >= 4 is 11.7 Å². The van der Waals surface area contributed by atoms with Gasteiger partial charge < -0.3 is 10.1 Å². The second kappa shape index (κ2) is 4.38. The second-order valence-electron chi connectivity index (χ2n) is 5.38. The van der Waals surface area contributed by atoms with Crippen LogP contribution in [-0.2, 0) is 14.9 Å². The molecular formula is C15H18N2O2. The van der Waals surface area contributed by atoms with Crippen molar-refractivity contribution in [1.82, 2.24) is 5.32 Å². The lowest BCUT2D eigenvalue weighted by molar-refractivity contribution is -0.144. The number of carbonyl (C=O) groups is 1. The number of hydrogen-bond donors (Lipinski definition) is 2. The van der Waals surface area contributed by atoms with Gasteiger partial charge in [-0.15, -0.1) is 0 Å². The molecule has 0 radical (unpaired) electrons. The van der Waals surface area contributed by atoms with Gasteiger partial charge in [0.2, 0.25) is 0 Å². The molecule has 0 unspecified atom stereocenters. The van der Waals surface area contributed by atoms with Gasteiger partial charge in [0, 0.05) is 11.1 Å². The Morgan fingerprint density at radius 2 is 2.37 bits per heavy atom. The first-order valence-corrected chi connectivity index (χ1v) is 6.55. The first kappa shape index (κ1) is 12.2. The number of carbonyl (C=O) groups excluding carboxylic acids is 1. The van der Waals surface area contributed by atoms with E-state index in [9.17, 15) is 4.79 Å². The molecule has 2 heterocycles. The van der Waals surface area contributed by atoms with Crippen molar-refractivity contribution in [2.24, 2.45) is 0 Å². The molecule has 1 fully saturated rings. The summed E-state index contributed by atoms with van der Waals surface area (Å²) in [5, 5.41) is 6.77. The van der Waals surface area contributed by atoms with E-state index in [1.165, 1.54) is 5.56 Å². The van der Waals surface area contributed by atoms with Crippen molar-refractivity contribution in [3.05, 3.63) is 42.5 Å². The molecule has 0 aromatic heterocycles. The van der Waals surface area contributed by atoms with Gasteiger partial charge in [-0.1, -0.05) is 37.8 Å². The molecule has 19 heavy (non-hydrogen) atoms. The van der Waals surface area contributed by atoms with Crippen molar-refractivity contribution in [2.75, 3.05) is 11.9 Å². The van der Waals surface area contributed by atoms with Crippen molar-refractivity contribution in [1.29, 1.82) is 0 Å². The molecule has 1 aromatic rings. The third-order valence-corrected chi connectivity index (χ3v) is 4.10. The normalized spacial score (nSPS) is 31.2. The van der Waals surface area contributed by atoms with E-state index in [0.717, 1.165) is 12.1 Å². The maximum absolute atomic E-state index is 11.9. The van der Waals surface area contributed by atoms with Crippen LogP contribution < -0.4 is 10.6 Å². The van der Waals surface area contributed by atoms with Crippen LogP contribution in [0.4, 0.5) is 5.69 Å². The summed E-state index contributed by atoms with van der Waals surface area (Å²) in [7, 11) is 0. The molecule has 0 bridgehead atoms. The summed E-state index contributed by atoms with van der Waals surface area (Å²) in [4.78, 5) is 11.9. The summed E-state index contributed by atoms with van der Waals surface area (Å²) in [5.41, 5.74) is 2.36. The van der Waals surface area contributed by atoms with E-state index in [2.05, 4.69) is 36.3 Å². The molecule has 3 atom stereocenters. The summed E-state index contributed by atoms with van der Waals surface area (Å²) in [5.74, 6) is -0.199. The zero-order chi connectivity index (χ0) is 13.5. The number of para-hydroxylation sites is 1. The lowest BCUT2D eigenvalue weighted by Crippen LogP contribution is -2.42. The highest BCUT2D eigenvalue weighted by Crippen LogP contribution is 2.46. The predicted octanol–water partition coefficient (Wildman–Crippen LogP) is 1.79. The standard InChI is InChI=1S/C15H18N2O2/c1-3-8-19-13(18)12-9-15(2)10-6-4-5-7-11(10)16-14(15)17-12/h3-7,12,14,16-17H,1,8-9H2,2H3/t12-,14-,15-/m0/s1. The van der Waals surface area contributed by atoms with E-state index >= 15 is 0 Å². The molecule has 4 nitrogen and oxygen atoms in total. The van der Waals surface area contributed by atoms with Gasteiger partial charge in [-0.25, -0.2) is 0 Å². The lowest BCUT2D eigenvalue weighted by atomic mass is 9.80. The Hall–Kier alpha value is -1.81. The average Bonchev–Trinajstić information content (AvgIpc) is 2.87. The van der Waals surface area contributed by atoms with Crippen LogP contribution in [0.3, 0.4) is 0 Å². The average molecular weight is 258 g/mol. The monoisotopic (exact) mass is 258 g/mol. The number of esters is 1. The lowest BCUT2D eigenvalue weighted by Gasteiger charge is -2.23. The van der Waals surface area contributed by atoms with Crippen LogP contribution in [0.1, 0.15) is 18.9 Å². The molecule has 0 aliphatic carbocycles. The first-order chi connectivity index (χ1) is 9.15. The molecule has 0 spiro atoms. The molecule has 2 N–H and O–H groups in total. The van der Waals surface area contributed by atoms with Gasteiger partial charge in [0.15, 0.2) is 0 Å². The molecule has 1 aromatic carbocycles. The van der Waals surface area contributed by atoms with Gasteiger partial charge >= 0.3 is 5.97 Å². The Kier molecular flexibility index (Phi) is 2.82. The third-order valence-electron chi connectivity index (χ3n) is 4.10. The van der Waals surface area contributed by atoms with Gasteiger partial charge in [-0.3, -0.25) is 10.1 Å². The van der Waals surface area contributed by atoms with Crippen LogP contribution in [-0.4, -0.2) is 24.8 Å². The van der Waals surface area contributed by atoms with E-state index in [1.807, 2.05) is 12.1 Å². The van der Waals surface area contributed by atoms with Crippen molar-refractivity contribution in [3.8, 4) is 0 Å². The summed E-state index contributed by atoms with van der Waals surface area (Å²) < 4.78 is 5.13. The number of nitrogens with one attached hydrogen (secondary N) is 2. The predicted molar refractivity (Wildman–Crippen MR) is 73.9 cm³/mol.